The second-order valence-corrected chi connectivity index (χ2v) is 12.7. The first-order valence-electron chi connectivity index (χ1n) is 13.0. The lowest BCUT2D eigenvalue weighted by molar-refractivity contribution is 0.0242. The molecule has 4 aliphatic rings. The number of carbonyl (C=O) groups excluding carboxylic acids is 1. The van der Waals surface area contributed by atoms with Gasteiger partial charge in [-0.15, -0.1) is 0 Å². The van der Waals surface area contributed by atoms with Gasteiger partial charge in [0, 0.05) is 42.5 Å². The summed E-state index contributed by atoms with van der Waals surface area (Å²) in [7, 11) is -3.94. The second-order valence-electron chi connectivity index (χ2n) is 10.8. The highest BCUT2D eigenvalue weighted by atomic mass is 32.2. The number of ketones is 1. The normalized spacial score (nSPS) is 21.4. The summed E-state index contributed by atoms with van der Waals surface area (Å²) >= 11 is 0. The van der Waals surface area contributed by atoms with Gasteiger partial charge in [0.25, 0.3) is 0 Å². The van der Waals surface area contributed by atoms with Crippen LogP contribution in [0.4, 0.5) is 0 Å². The number of fused-ring (bicyclic) bond motifs is 3. The van der Waals surface area contributed by atoms with Crippen LogP contribution in [-0.4, -0.2) is 64.1 Å². The van der Waals surface area contributed by atoms with E-state index in [4.69, 9.17) is 14.2 Å². The van der Waals surface area contributed by atoms with Crippen LogP contribution in [0.3, 0.4) is 0 Å². The maximum absolute atomic E-state index is 14.1. The number of nitrogens with zero attached hydrogens (tertiary/aromatic N) is 2. The van der Waals surface area contributed by atoms with Gasteiger partial charge in [-0.3, -0.25) is 4.79 Å². The number of hydrogen-bond acceptors (Lipinski definition) is 7. The Morgan fingerprint density at radius 2 is 1.74 bits per heavy atom. The molecule has 0 spiro atoms. The van der Waals surface area contributed by atoms with Gasteiger partial charge < -0.3 is 14.2 Å². The van der Waals surface area contributed by atoms with Gasteiger partial charge in [0.1, 0.15) is 16.7 Å². The zero-order valence-electron chi connectivity index (χ0n) is 21.6. The standard InChI is InChI=1S/C29H30N2O6S/c1-29(2)23-16-25(37-20-5-9-35-10-6-20)26(38(33,34)31-7-11-36-12-8-31)15-22(23)28(32)27-21-4-3-18(17-30)13-19(21)14-24(27)29/h3-4,13,15-16,20H,5-12,14H2,1-2H3. The minimum atomic E-state index is -3.94. The van der Waals surface area contributed by atoms with E-state index in [1.54, 1.807) is 12.1 Å². The van der Waals surface area contributed by atoms with Crippen molar-refractivity contribution < 1.29 is 27.4 Å². The Labute approximate surface area is 222 Å². The van der Waals surface area contributed by atoms with Gasteiger partial charge in [-0.2, -0.15) is 9.57 Å². The Morgan fingerprint density at radius 3 is 2.45 bits per heavy atom. The number of ether oxygens (including phenoxy) is 3. The maximum atomic E-state index is 14.1. The van der Waals surface area contributed by atoms with Crippen molar-refractivity contribution in [1.29, 1.82) is 5.26 Å². The van der Waals surface area contributed by atoms with E-state index in [1.807, 2.05) is 12.1 Å². The largest absolute Gasteiger partial charge is 0.489 e. The average Bonchev–Trinajstić information content (AvgIpc) is 3.33. The minimum absolute atomic E-state index is 0.0240. The highest BCUT2D eigenvalue weighted by molar-refractivity contribution is 7.89. The monoisotopic (exact) mass is 534 g/mol. The number of allylic oxidation sites excluding steroid dienone is 2. The number of hydrogen-bond donors (Lipinski definition) is 0. The van der Waals surface area contributed by atoms with Crippen molar-refractivity contribution in [2.24, 2.45) is 0 Å². The Hall–Kier alpha value is -3.03. The van der Waals surface area contributed by atoms with Crippen molar-refractivity contribution in [3.8, 4) is 11.8 Å². The summed E-state index contributed by atoms with van der Waals surface area (Å²) in [5.41, 5.74) is 4.54. The molecule has 2 aliphatic carbocycles. The molecule has 0 bridgehead atoms. The van der Waals surface area contributed by atoms with Gasteiger partial charge in [-0.25, -0.2) is 8.42 Å². The van der Waals surface area contributed by atoms with Gasteiger partial charge in [0.05, 0.1) is 38.1 Å². The SMILES string of the molecule is CC1(C)C2=C(C(=O)c3cc(S(=O)(=O)N4CCOCC4)c(OC4CCOCC4)cc31)c1ccc(C#N)cc1C2. The van der Waals surface area contributed by atoms with Crippen molar-refractivity contribution in [3.05, 3.63) is 63.7 Å². The Morgan fingerprint density at radius 1 is 1.03 bits per heavy atom. The lowest BCUT2D eigenvalue weighted by Crippen LogP contribution is -2.41. The molecular formula is C29H30N2O6S. The van der Waals surface area contributed by atoms with Crippen LogP contribution in [0.25, 0.3) is 5.57 Å². The van der Waals surface area contributed by atoms with E-state index in [0.29, 0.717) is 62.4 Å². The highest BCUT2D eigenvalue weighted by Crippen LogP contribution is 2.51. The quantitative estimate of drug-likeness (QED) is 0.590. The van der Waals surface area contributed by atoms with Crippen LogP contribution in [0, 0.1) is 11.3 Å². The van der Waals surface area contributed by atoms with Crippen LogP contribution in [0.5, 0.6) is 5.75 Å². The van der Waals surface area contributed by atoms with Crippen molar-refractivity contribution in [2.75, 3.05) is 39.5 Å². The average molecular weight is 535 g/mol. The van der Waals surface area contributed by atoms with Gasteiger partial charge >= 0.3 is 0 Å². The third-order valence-corrected chi connectivity index (χ3v) is 10.1. The number of carbonyl (C=O) groups is 1. The molecule has 0 saturated carbocycles. The fourth-order valence-corrected chi connectivity index (χ4v) is 7.58. The molecule has 198 valence electrons. The van der Waals surface area contributed by atoms with Gasteiger partial charge in [0.2, 0.25) is 10.0 Å². The predicted molar refractivity (Wildman–Crippen MR) is 140 cm³/mol. The van der Waals surface area contributed by atoms with Gasteiger partial charge in [0.15, 0.2) is 5.78 Å². The summed E-state index contributed by atoms with van der Waals surface area (Å²) < 4.78 is 46.5. The summed E-state index contributed by atoms with van der Waals surface area (Å²) in [6.45, 7) is 6.40. The number of morpholine rings is 1. The summed E-state index contributed by atoms with van der Waals surface area (Å²) in [6, 6.07) is 10.9. The molecule has 0 amide bonds. The molecule has 38 heavy (non-hydrogen) atoms. The van der Waals surface area contributed by atoms with Crippen molar-refractivity contribution in [2.45, 2.75) is 49.5 Å². The van der Waals surface area contributed by atoms with Crippen LogP contribution in [0.2, 0.25) is 0 Å². The number of sulfonamides is 1. The van der Waals surface area contributed by atoms with E-state index in [1.165, 1.54) is 10.4 Å². The molecule has 0 aromatic heterocycles. The molecule has 9 heteroatoms. The predicted octanol–water partition coefficient (Wildman–Crippen LogP) is 3.62. The molecule has 6 rings (SSSR count). The van der Waals surface area contributed by atoms with Crippen molar-refractivity contribution >= 4 is 21.4 Å². The number of nitriles is 1. The molecule has 0 atom stereocenters. The first-order valence-corrected chi connectivity index (χ1v) is 14.5. The van der Waals surface area contributed by atoms with Crippen LogP contribution >= 0.6 is 0 Å². The molecule has 2 aromatic rings. The van der Waals surface area contributed by atoms with Gasteiger partial charge in [-0.05, 0) is 52.9 Å². The molecule has 2 saturated heterocycles. The Kier molecular flexibility index (Phi) is 6.19. The van der Waals surface area contributed by atoms with Crippen molar-refractivity contribution in [3.63, 3.8) is 0 Å². The topological polar surface area (TPSA) is 106 Å². The summed E-state index contributed by atoms with van der Waals surface area (Å²) in [5, 5.41) is 9.38. The smallest absolute Gasteiger partial charge is 0.246 e. The summed E-state index contributed by atoms with van der Waals surface area (Å²) in [4.78, 5) is 14.1. The van der Waals surface area contributed by atoms with Crippen molar-refractivity contribution in [1.82, 2.24) is 4.31 Å². The van der Waals surface area contributed by atoms with Gasteiger partial charge in [-0.1, -0.05) is 19.9 Å². The molecular weight excluding hydrogens is 504 g/mol. The molecule has 0 unspecified atom stereocenters. The zero-order chi connectivity index (χ0) is 26.7. The Balaban J connectivity index is 1.50. The summed E-state index contributed by atoms with van der Waals surface area (Å²) in [6.07, 6.45) is 1.74. The third-order valence-electron chi connectivity index (χ3n) is 8.21. The molecule has 0 N–H and O–H groups in total. The maximum Gasteiger partial charge on any atom is 0.246 e. The van der Waals surface area contributed by atoms with E-state index in [0.717, 1.165) is 22.3 Å². The van der Waals surface area contributed by atoms with Crippen LogP contribution in [-0.2, 0) is 31.3 Å². The number of rotatable bonds is 4. The fourth-order valence-electron chi connectivity index (χ4n) is 6.04. The minimum Gasteiger partial charge on any atom is -0.489 e. The molecule has 0 radical (unpaired) electrons. The van der Waals surface area contributed by atoms with E-state index in [9.17, 15) is 18.5 Å². The van der Waals surface area contributed by atoms with Crippen LogP contribution in [0.1, 0.15) is 59.3 Å². The molecule has 2 aliphatic heterocycles. The van der Waals surface area contributed by atoms with E-state index in [-0.39, 0.29) is 35.6 Å². The lowest BCUT2D eigenvalue weighted by Gasteiger charge is -2.36. The first-order chi connectivity index (χ1) is 18.2. The molecule has 2 heterocycles. The summed E-state index contributed by atoms with van der Waals surface area (Å²) in [5.74, 6) is 0.100. The highest BCUT2D eigenvalue weighted by Gasteiger charge is 2.44. The first kappa shape index (κ1) is 25.3. The van der Waals surface area contributed by atoms with E-state index < -0.39 is 15.4 Å². The molecule has 2 aromatic carbocycles. The lowest BCUT2D eigenvalue weighted by atomic mass is 9.68. The van der Waals surface area contributed by atoms with Crippen LogP contribution < -0.4 is 4.74 Å². The second kappa shape index (κ2) is 9.31. The third kappa shape index (κ3) is 3.98. The molecule has 2 fully saturated rings. The fraction of sp³-hybridized carbons (Fsp3) is 0.448. The van der Waals surface area contributed by atoms with Crippen LogP contribution in [0.15, 0.2) is 40.8 Å². The number of Topliss-reactive ketones (excluding diaryl/α,β-unsaturated/α-hetero) is 1. The van der Waals surface area contributed by atoms with E-state index in [2.05, 4.69) is 19.9 Å². The number of benzene rings is 2. The Bertz CT molecular complexity index is 1510. The van der Waals surface area contributed by atoms with E-state index >= 15 is 0 Å². The zero-order valence-corrected chi connectivity index (χ0v) is 22.4. The molecule has 8 nitrogen and oxygen atoms in total.